The molecule has 0 spiro atoms. The van der Waals surface area contributed by atoms with Gasteiger partial charge in [-0.15, -0.1) is 24.0 Å². The maximum atomic E-state index is 14.7. The summed E-state index contributed by atoms with van der Waals surface area (Å²) in [6, 6.07) is 16.6. The van der Waals surface area contributed by atoms with Gasteiger partial charge in [0.05, 0.1) is 18.9 Å². The number of aliphatic imine (C=N–C) groups is 1. The fourth-order valence-electron chi connectivity index (χ4n) is 4.49. The van der Waals surface area contributed by atoms with E-state index < -0.39 is 0 Å². The Bertz CT molecular complexity index is 892. The Hall–Kier alpha value is -1.91. The van der Waals surface area contributed by atoms with Crippen LogP contribution >= 0.6 is 24.0 Å². The second-order valence-corrected chi connectivity index (χ2v) is 8.44. The van der Waals surface area contributed by atoms with Crippen LogP contribution in [0.3, 0.4) is 0 Å². The molecule has 1 atom stereocenters. The minimum Gasteiger partial charge on any atom is -0.378 e. The highest BCUT2D eigenvalue weighted by atomic mass is 127. The molecule has 0 amide bonds. The quantitative estimate of drug-likeness (QED) is 0.304. The Morgan fingerprint density at radius 3 is 2.58 bits per heavy atom. The number of likely N-dealkylation sites (tertiary alicyclic amines) is 1. The zero-order valence-electron chi connectivity index (χ0n) is 19.3. The Morgan fingerprint density at radius 2 is 1.85 bits per heavy atom. The van der Waals surface area contributed by atoms with Crippen LogP contribution in [0.25, 0.3) is 0 Å². The van der Waals surface area contributed by atoms with Gasteiger partial charge in [-0.2, -0.15) is 0 Å². The molecule has 2 fully saturated rings. The fraction of sp³-hybridized carbons (Fsp3) is 0.480. The summed E-state index contributed by atoms with van der Waals surface area (Å²) in [5, 5.41) is 6.78. The summed E-state index contributed by atoms with van der Waals surface area (Å²) in [6.45, 7) is 6.23. The van der Waals surface area contributed by atoms with Gasteiger partial charge in [-0.25, -0.2) is 4.39 Å². The lowest BCUT2D eigenvalue weighted by Gasteiger charge is -2.29. The maximum absolute atomic E-state index is 14.7. The SMILES string of the molecule is CN=C(NCc1ccc(N2CCOCC2)c(F)c1)NCC1CCCN1Cc1ccccc1.I. The Balaban J connectivity index is 0.00000306. The van der Waals surface area contributed by atoms with Gasteiger partial charge in [0.15, 0.2) is 5.96 Å². The first-order valence-corrected chi connectivity index (χ1v) is 11.6. The average molecular weight is 567 g/mol. The number of nitrogens with zero attached hydrogens (tertiary/aromatic N) is 3. The van der Waals surface area contributed by atoms with Gasteiger partial charge in [0.2, 0.25) is 0 Å². The lowest BCUT2D eigenvalue weighted by Crippen LogP contribution is -2.44. The van der Waals surface area contributed by atoms with Gasteiger partial charge in [-0.3, -0.25) is 9.89 Å². The molecule has 2 saturated heterocycles. The summed E-state index contributed by atoms with van der Waals surface area (Å²) in [5.74, 6) is 0.561. The predicted molar refractivity (Wildman–Crippen MR) is 143 cm³/mol. The second kappa shape index (κ2) is 13.1. The third-order valence-corrected chi connectivity index (χ3v) is 6.28. The van der Waals surface area contributed by atoms with Gasteiger partial charge < -0.3 is 20.3 Å². The largest absolute Gasteiger partial charge is 0.378 e. The second-order valence-electron chi connectivity index (χ2n) is 8.44. The Labute approximate surface area is 213 Å². The standard InChI is InChI=1S/C25H34FN5O.HI/c1-27-25(29-18-22-8-5-11-31(22)19-20-6-3-2-4-7-20)28-17-21-9-10-24(23(26)16-21)30-12-14-32-15-13-30;/h2-4,6-7,9-10,16,22H,5,8,11-15,17-19H2,1H3,(H2,27,28,29);1H. The molecule has 2 N–H and O–H groups in total. The van der Waals surface area contributed by atoms with Crippen LogP contribution < -0.4 is 15.5 Å². The van der Waals surface area contributed by atoms with E-state index in [1.807, 2.05) is 17.0 Å². The molecule has 180 valence electrons. The van der Waals surface area contributed by atoms with Crippen LogP contribution in [0.2, 0.25) is 0 Å². The average Bonchev–Trinajstić information content (AvgIpc) is 3.27. The number of rotatable bonds is 7. The van der Waals surface area contributed by atoms with Crippen LogP contribution in [0.5, 0.6) is 0 Å². The molecule has 1 unspecified atom stereocenters. The molecule has 2 aromatic carbocycles. The highest BCUT2D eigenvalue weighted by molar-refractivity contribution is 14.0. The zero-order valence-corrected chi connectivity index (χ0v) is 21.6. The van der Waals surface area contributed by atoms with Crippen molar-refractivity contribution in [2.45, 2.75) is 32.0 Å². The van der Waals surface area contributed by atoms with E-state index in [4.69, 9.17) is 4.74 Å². The molecule has 0 aromatic heterocycles. The highest BCUT2D eigenvalue weighted by Crippen LogP contribution is 2.22. The zero-order chi connectivity index (χ0) is 22.2. The van der Waals surface area contributed by atoms with Crippen LogP contribution in [0.4, 0.5) is 10.1 Å². The first-order valence-electron chi connectivity index (χ1n) is 11.6. The molecule has 0 saturated carbocycles. The summed E-state index contributed by atoms with van der Waals surface area (Å²) in [6.07, 6.45) is 2.41. The van der Waals surface area contributed by atoms with Crippen LogP contribution in [0, 0.1) is 5.82 Å². The molecule has 0 bridgehead atoms. The van der Waals surface area contributed by atoms with Crippen molar-refractivity contribution in [1.29, 1.82) is 0 Å². The van der Waals surface area contributed by atoms with Gasteiger partial charge >= 0.3 is 0 Å². The van der Waals surface area contributed by atoms with Crippen molar-refractivity contribution in [3.05, 3.63) is 65.5 Å². The molecule has 2 aliphatic heterocycles. The summed E-state index contributed by atoms with van der Waals surface area (Å²) >= 11 is 0. The molecule has 2 heterocycles. The molecular weight excluding hydrogens is 532 g/mol. The molecule has 2 aromatic rings. The number of hydrogen-bond donors (Lipinski definition) is 2. The molecule has 0 aliphatic carbocycles. The molecule has 0 radical (unpaired) electrons. The normalized spacial score (nSPS) is 19.3. The Kier molecular flexibility index (Phi) is 10.2. The van der Waals surface area contributed by atoms with Crippen molar-refractivity contribution in [3.8, 4) is 0 Å². The van der Waals surface area contributed by atoms with Crippen molar-refractivity contribution in [3.63, 3.8) is 0 Å². The third kappa shape index (κ3) is 7.28. The van der Waals surface area contributed by atoms with Gasteiger partial charge in [0.25, 0.3) is 0 Å². The summed E-state index contributed by atoms with van der Waals surface area (Å²) in [4.78, 5) is 8.92. The minimum atomic E-state index is -0.184. The summed E-state index contributed by atoms with van der Waals surface area (Å²) in [7, 11) is 1.77. The van der Waals surface area contributed by atoms with Gasteiger partial charge in [-0.05, 0) is 42.6 Å². The fourth-order valence-corrected chi connectivity index (χ4v) is 4.49. The number of nitrogens with one attached hydrogen (secondary N) is 2. The van der Waals surface area contributed by atoms with E-state index in [1.165, 1.54) is 18.4 Å². The van der Waals surface area contributed by atoms with E-state index in [9.17, 15) is 4.39 Å². The molecule has 4 rings (SSSR count). The van der Waals surface area contributed by atoms with E-state index in [0.717, 1.165) is 44.2 Å². The maximum Gasteiger partial charge on any atom is 0.191 e. The topological polar surface area (TPSA) is 52.1 Å². The van der Waals surface area contributed by atoms with Crippen LogP contribution in [0.1, 0.15) is 24.0 Å². The van der Waals surface area contributed by atoms with Crippen LogP contribution in [-0.2, 0) is 17.8 Å². The number of halogens is 2. The van der Waals surface area contributed by atoms with Crippen molar-refractivity contribution in [2.75, 3.05) is 51.3 Å². The predicted octanol–water partition coefficient (Wildman–Crippen LogP) is 3.61. The minimum absolute atomic E-state index is 0. The van der Waals surface area contributed by atoms with Gasteiger partial charge in [0.1, 0.15) is 5.82 Å². The van der Waals surface area contributed by atoms with E-state index in [1.54, 1.807) is 13.1 Å². The Morgan fingerprint density at radius 1 is 1.06 bits per heavy atom. The van der Waals surface area contributed by atoms with Crippen molar-refractivity contribution in [1.82, 2.24) is 15.5 Å². The molecular formula is C25H35FIN5O. The number of benzene rings is 2. The number of ether oxygens (including phenoxy) is 1. The number of guanidine groups is 1. The first kappa shape index (κ1) is 25.7. The number of anilines is 1. The molecule has 6 nitrogen and oxygen atoms in total. The molecule has 33 heavy (non-hydrogen) atoms. The molecule has 8 heteroatoms. The lowest BCUT2D eigenvalue weighted by molar-refractivity contribution is 0.122. The number of morpholine rings is 1. The van der Waals surface area contributed by atoms with Gasteiger partial charge in [0, 0.05) is 45.8 Å². The first-order chi connectivity index (χ1) is 15.7. The molecule has 2 aliphatic rings. The van der Waals surface area contributed by atoms with Gasteiger partial charge in [-0.1, -0.05) is 36.4 Å². The smallest absolute Gasteiger partial charge is 0.191 e. The van der Waals surface area contributed by atoms with E-state index in [-0.39, 0.29) is 29.8 Å². The third-order valence-electron chi connectivity index (χ3n) is 6.28. The van der Waals surface area contributed by atoms with Crippen LogP contribution in [0.15, 0.2) is 53.5 Å². The monoisotopic (exact) mass is 567 g/mol. The lowest BCUT2D eigenvalue weighted by atomic mass is 10.1. The van der Waals surface area contributed by atoms with E-state index >= 15 is 0 Å². The van der Waals surface area contributed by atoms with E-state index in [0.29, 0.717) is 31.5 Å². The number of hydrogen-bond acceptors (Lipinski definition) is 4. The summed E-state index contributed by atoms with van der Waals surface area (Å²) < 4.78 is 20.0. The van der Waals surface area contributed by atoms with Crippen LogP contribution in [-0.4, -0.2) is 63.3 Å². The van der Waals surface area contributed by atoms with E-state index in [2.05, 4.69) is 50.9 Å². The van der Waals surface area contributed by atoms with Crippen molar-refractivity contribution < 1.29 is 9.13 Å². The van der Waals surface area contributed by atoms with Crippen molar-refractivity contribution >= 4 is 35.6 Å². The van der Waals surface area contributed by atoms with Crippen molar-refractivity contribution in [2.24, 2.45) is 4.99 Å². The highest BCUT2D eigenvalue weighted by Gasteiger charge is 2.24. The summed E-state index contributed by atoms with van der Waals surface area (Å²) in [5.41, 5.74) is 2.90.